The van der Waals surface area contributed by atoms with E-state index in [1.165, 1.54) is 14.2 Å². The highest BCUT2D eigenvalue weighted by atomic mass is 16.5. The molecule has 0 aliphatic heterocycles. The monoisotopic (exact) mass is 281 g/mol. The highest BCUT2D eigenvalue weighted by Gasteiger charge is 2.22. The lowest BCUT2D eigenvalue weighted by Gasteiger charge is -2.16. The van der Waals surface area contributed by atoms with Crippen LogP contribution in [-0.2, 0) is 4.79 Å². The maximum atomic E-state index is 12.2. The second-order valence-electron chi connectivity index (χ2n) is 4.19. The molecule has 0 aliphatic rings. The Balaban J connectivity index is 2.99. The topological polar surface area (TPSA) is 84.9 Å². The molecular weight excluding hydrogens is 262 g/mol. The minimum atomic E-state index is -1.05. The average Bonchev–Trinajstić information content (AvgIpc) is 2.45. The molecule has 1 aromatic rings. The van der Waals surface area contributed by atoms with Gasteiger partial charge in [0, 0.05) is 0 Å². The van der Waals surface area contributed by atoms with E-state index in [-0.39, 0.29) is 11.3 Å². The highest BCUT2D eigenvalue weighted by Crippen LogP contribution is 2.30. The van der Waals surface area contributed by atoms with Gasteiger partial charge in [0.05, 0.1) is 19.8 Å². The molecule has 1 aromatic carbocycles. The van der Waals surface area contributed by atoms with Crippen LogP contribution in [0.3, 0.4) is 0 Å². The van der Waals surface area contributed by atoms with Crippen molar-refractivity contribution in [3.63, 3.8) is 0 Å². The molecule has 1 amide bonds. The molecule has 6 nitrogen and oxygen atoms in total. The molecule has 20 heavy (non-hydrogen) atoms. The number of para-hydroxylation sites is 1. The second-order valence-corrected chi connectivity index (χ2v) is 4.19. The molecule has 1 rings (SSSR count). The first-order valence-corrected chi connectivity index (χ1v) is 6.29. The summed E-state index contributed by atoms with van der Waals surface area (Å²) >= 11 is 0. The molecular formula is C14H19NO5. The Morgan fingerprint density at radius 2 is 2.00 bits per heavy atom. The zero-order valence-corrected chi connectivity index (χ0v) is 11.8. The third-order valence-electron chi connectivity index (χ3n) is 2.83. The quantitative estimate of drug-likeness (QED) is 0.794. The van der Waals surface area contributed by atoms with Gasteiger partial charge in [0.15, 0.2) is 11.5 Å². The molecule has 6 heteroatoms. The van der Waals surface area contributed by atoms with Crippen molar-refractivity contribution < 1.29 is 24.2 Å². The van der Waals surface area contributed by atoms with Crippen LogP contribution in [0.4, 0.5) is 0 Å². The average molecular weight is 281 g/mol. The number of benzene rings is 1. The predicted molar refractivity (Wildman–Crippen MR) is 73.3 cm³/mol. The zero-order valence-electron chi connectivity index (χ0n) is 11.8. The summed E-state index contributed by atoms with van der Waals surface area (Å²) in [6, 6.07) is 3.95. The van der Waals surface area contributed by atoms with E-state index in [1.807, 2.05) is 6.92 Å². The fourth-order valence-electron chi connectivity index (χ4n) is 1.85. The maximum absolute atomic E-state index is 12.2. The summed E-state index contributed by atoms with van der Waals surface area (Å²) in [5.74, 6) is -0.848. The van der Waals surface area contributed by atoms with E-state index in [2.05, 4.69) is 5.32 Å². The Hall–Kier alpha value is -2.24. The first-order valence-electron chi connectivity index (χ1n) is 6.29. The number of rotatable bonds is 7. The number of ether oxygens (including phenoxy) is 2. The molecule has 0 saturated carbocycles. The van der Waals surface area contributed by atoms with Crippen molar-refractivity contribution in [1.82, 2.24) is 5.32 Å². The third-order valence-corrected chi connectivity index (χ3v) is 2.83. The molecule has 0 aliphatic carbocycles. The lowest BCUT2D eigenvalue weighted by Crippen LogP contribution is -2.40. The van der Waals surface area contributed by atoms with Gasteiger partial charge < -0.3 is 19.9 Å². The molecule has 1 unspecified atom stereocenters. The van der Waals surface area contributed by atoms with Crippen LogP contribution >= 0.6 is 0 Å². The number of carbonyl (C=O) groups is 2. The van der Waals surface area contributed by atoms with Crippen LogP contribution in [0.2, 0.25) is 0 Å². The molecule has 0 radical (unpaired) electrons. The Morgan fingerprint density at radius 3 is 2.50 bits per heavy atom. The van der Waals surface area contributed by atoms with Crippen LogP contribution in [0.15, 0.2) is 18.2 Å². The second kappa shape index (κ2) is 7.37. The van der Waals surface area contributed by atoms with Crippen LogP contribution in [0.5, 0.6) is 11.5 Å². The SMILES string of the molecule is CCCC(NC(=O)c1cccc(OC)c1OC)C(=O)O. The molecule has 1 atom stereocenters. The van der Waals surface area contributed by atoms with Gasteiger partial charge in [-0.1, -0.05) is 19.4 Å². The summed E-state index contributed by atoms with van der Waals surface area (Å²) in [6.45, 7) is 1.86. The molecule has 0 saturated heterocycles. The van der Waals surface area contributed by atoms with Gasteiger partial charge in [-0.05, 0) is 18.6 Å². The van der Waals surface area contributed by atoms with Gasteiger partial charge in [-0.15, -0.1) is 0 Å². The van der Waals surface area contributed by atoms with Crippen LogP contribution in [0.1, 0.15) is 30.1 Å². The highest BCUT2D eigenvalue weighted by molar-refractivity contribution is 5.99. The first kappa shape index (κ1) is 15.8. The zero-order chi connectivity index (χ0) is 15.1. The van der Waals surface area contributed by atoms with Gasteiger partial charge >= 0.3 is 5.97 Å². The van der Waals surface area contributed by atoms with Gasteiger partial charge in [0.1, 0.15) is 6.04 Å². The molecule has 0 spiro atoms. The largest absolute Gasteiger partial charge is 0.493 e. The lowest BCUT2D eigenvalue weighted by molar-refractivity contribution is -0.139. The minimum Gasteiger partial charge on any atom is -0.493 e. The van der Waals surface area contributed by atoms with Gasteiger partial charge in [0.25, 0.3) is 5.91 Å². The Labute approximate surface area is 117 Å². The maximum Gasteiger partial charge on any atom is 0.326 e. The van der Waals surface area contributed by atoms with E-state index in [0.29, 0.717) is 18.6 Å². The number of carboxylic acids is 1. The van der Waals surface area contributed by atoms with E-state index >= 15 is 0 Å². The number of methoxy groups -OCH3 is 2. The van der Waals surface area contributed by atoms with Crippen LogP contribution in [0.25, 0.3) is 0 Å². The fraction of sp³-hybridized carbons (Fsp3) is 0.429. The molecule has 2 N–H and O–H groups in total. The van der Waals surface area contributed by atoms with Crippen molar-refractivity contribution in [3.05, 3.63) is 23.8 Å². The fourth-order valence-corrected chi connectivity index (χ4v) is 1.85. The third kappa shape index (κ3) is 3.63. The van der Waals surface area contributed by atoms with E-state index in [1.54, 1.807) is 18.2 Å². The van der Waals surface area contributed by atoms with E-state index < -0.39 is 17.9 Å². The normalized spacial score (nSPS) is 11.6. The first-order chi connectivity index (χ1) is 9.54. The number of aliphatic carboxylic acids is 1. The van der Waals surface area contributed by atoms with Crippen molar-refractivity contribution in [2.75, 3.05) is 14.2 Å². The Kier molecular flexibility index (Phi) is 5.83. The van der Waals surface area contributed by atoms with Crippen LogP contribution in [-0.4, -0.2) is 37.2 Å². The smallest absolute Gasteiger partial charge is 0.326 e. The standard InChI is InChI=1S/C14H19NO5/c1-4-6-10(14(17)18)15-13(16)9-7-5-8-11(19-2)12(9)20-3/h5,7-8,10H,4,6H2,1-3H3,(H,15,16)(H,17,18). The van der Waals surface area contributed by atoms with Crippen molar-refractivity contribution in [3.8, 4) is 11.5 Å². The number of hydrogen-bond acceptors (Lipinski definition) is 4. The number of amides is 1. The van der Waals surface area contributed by atoms with E-state index in [9.17, 15) is 9.59 Å². The molecule has 110 valence electrons. The summed E-state index contributed by atoms with van der Waals surface area (Å²) in [5.41, 5.74) is 0.245. The number of carbonyl (C=O) groups excluding carboxylic acids is 1. The molecule has 0 aromatic heterocycles. The van der Waals surface area contributed by atoms with Crippen molar-refractivity contribution in [2.45, 2.75) is 25.8 Å². The summed E-state index contributed by atoms with van der Waals surface area (Å²) in [6.07, 6.45) is 1.03. The molecule has 0 fully saturated rings. The van der Waals surface area contributed by atoms with Gasteiger partial charge in [0.2, 0.25) is 0 Å². The van der Waals surface area contributed by atoms with Crippen molar-refractivity contribution in [2.24, 2.45) is 0 Å². The summed E-state index contributed by atoms with van der Waals surface area (Å²) in [7, 11) is 2.89. The molecule has 0 bridgehead atoms. The van der Waals surface area contributed by atoms with Crippen LogP contribution < -0.4 is 14.8 Å². The molecule has 0 heterocycles. The van der Waals surface area contributed by atoms with Crippen LogP contribution in [0, 0.1) is 0 Å². The number of carboxylic acid groups (broad SMARTS) is 1. The predicted octanol–water partition coefficient (Wildman–Crippen LogP) is 1.69. The number of nitrogens with one attached hydrogen (secondary N) is 1. The van der Waals surface area contributed by atoms with Gasteiger partial charge in [-0.3, -0.25) is 4.79 Å². The Morgan fingerprint density at radius 1 is 1.30 bits per heavy atom. The summed E-state index contributed by atoms with van der Waals surface area (Å²) in [4.78, 5) is 23.2. The van der Waals surface area contributed by atoms with Crippen molar-refractivity contribution >= 4 is 11.9 Å². The van der Waals surface area contributed by atoms with Gasteiger partial charge in [-0.2, -0.15) is 0 Å². The van der Waals surface area contributed by atoms with E-state index in [0.717, 1.165) is 0 Å². The van der Waals surface area contributed by atoms with Crippen molar-refractivity contribution in [1.29, 1.82) is 0 Å². The summed E-state index contributed by atoms with van der Waals surface area (Å²) in [5, 5.41) is 11.5. The lowest BCUT2D eigenvalue weighted by atomic mass is 10.1. The van der Waals surface area contributed by atoms with E-state index in [4.69, 9.17) is 14.6 Å². The minimum absolute atomic E-state index is 0.245. The number of hydrogen-bond donors (Lipinski definition) is 2. The Bertz CT molecular complexity index is 486. The summed E-state index contributed by atoms with van der Waals surface area (Å²) < 4.78 is 10.3. The van der Waals surface area contributed by atoms with Gasteiger partial charge in [-0.25, -0.2) is 4.79 Å².